The van der Waals surface area contributed by atoms with Crippen LogP contribution in [0.5, 0.6) is 0 Å². The highest BCUT2D eigenvalue weighted by atomic mass is 16.6. The van der Waals surface area contributed by atoms with Gasteiger partial charge in [-0.3, -0.25) is 0 Å². The van der Waals surface area contributed by atoms with Gasteiger partial charge in [-0.2, -0.15) is 0 Å². The highest BCUT2D eigenvalue weighted by Gasteiger charge is 2.15. The predicted octanol–water partition coefficient (Wildman–Crippen LogP) is 1.34. The Kier molecular flexibility index (Phi) is 5.25. The minimum Gasteiger partial charge on any atom is -0.479 e. The molecule has 5 nitrogen and oxygen atoms in total. The average Bonchev–Trinajstić information content (AvgIpc) is 2.42. The molecule has 92 valence electrons. The highest BCUT2D eigenvalue weighted by Crippen LogP contribution is 2.11. The van der Waals surface area contributed by atoms with Crippen molar-refractivity contribution in [2.45, 2.75) is 39.2 Å². The molecule has 1 aliphatic rings. The van der Waals surface area contributed by atoms with Crippen molar-refractivity contribution in [1.82, 2.24) is 4.90 Å². The molecule has 1 N–H and O–H groups in total. The summed E-state index contributed by atoms with van der Waals surface area (Å²) < 4.78 is 0. The molecule has 1 aliphatic heterocycles. The van der Waals surface area contributed by atoms with E-state index in [4.69, 9.17) is 9.94 Å². The number of aliphatic carboxylic acids is 1. The van der Waals surface area contributed by atoms with E-state index in [9.17, 15) is 4.79 Å². The summed E-state index contributed by atoms with van der Waals surface area (Å²) in [6, 6.07) is 0.555. The van der Waals surface area contributed by atoms with Crippen molar-refractivity contribution in [2.75, 3.05) is 19.7 Å². The van der Waals surface area contributed by atoms with Crippen LogP contribution in [0.3, 0.4) is 0 Å². The molecule has 1 fully saturated rings. The molecule has 0 bridgehead atoms. The lowest BCUT2D eigenvalue weighted by Gasteiger charge is -2.23. The fourth-order valence-electron chi connectivity index (χ4n) is 1.78. The molecule has 5 heteroatoms. The Labute approximate surface area is 96.1 Å². The molecule has 0 aromatic rings. The van der Waals surface area contributed by atoms with Crippen molar-refractivity contribution in [3.05, 3.63) is 0 Å². The molecular weight excluding hydrogens is 208 g/mol. The van der Waals surface area contributed by atoms with E-state index in [1.807, 2.05) is 0 Å². The van der Waals surface area contributed by atoms with E-state index in [1.165, 1.54) is 0 Å². The van der Waals surface area contributed by atoms with E-state index in [0.29, 0.717) is 6.04 Å². The van der Waals surface area contributed by atoms with Gasteiger partial charge >= 0.3 is 5.97 Å². The first-order valence-corrected chi connectivity index (χ1v) is 5.73. The number of carbonyl (C=O) groups is 1. The lowest BCUT2D eigenvalue weighted by atomic mass is 10.2. The quantitative estimate of drug-likeness (QED) is 0.737. The molecule has 0 saturated carbocycles. The fraction of sp³-hybridized carbons (Fsp3) is 0.818. The number of carboxylic acid groups (broad SMARTS) is 1. The molecule has 0 unspecified atom stereocenters. The van der Waals surface area contributed by atoms with Gasteiger partial charge in [-0.25, -0.2) is 4.79 Å². The third-order valence-electron chi connectivity index (χ3n) is 2.71. The van der Waals surface area contributed by atoms with Gasteiger partial charge in [-0.15, -0.1) is 0 Å². The van der Waals surface area contributed by atoms with Crippen LogP contribution in [0, 0.1) is 0 Å². The van der Waals surface area contributed by atoms with Crippen LogP contribution in [0.2, 0.25) is 0 Å². The topological polar surface area (TPSA) is 62.1 Å². The standard InChI is InChI=1S/C11H20N2O3/c1-9(2)13-6-3-4-10(5-7-13)12-16-8-11(14)15/h9H,3-8H2,1-2H3,(H,14,15). The van der Waals surface area contributed by atoms with Crippen LogP contribution in [-0.2, 0) is 9.63 Å². The zero-order chi connectivity index (χ0) is 12.0. The van der Waals surface area contributed by atoms with Crippen LogP contribution in [0.15, 0.2) is 5.16 Å². The second kappa shape index (κ2) is 6.48. The first kappa shape index (κ1) is 13.0. The Hall–Kier alpha value is -1.10. The van der Waals surface area contributed by atoms with Gasteiger partial charge in [0, 0.05) is 19.0 Å². The number of rotatable bonds is 4. The molecule has 0 aromatic heterocycles. The summed E-state index contributed by atoms with van der Waals surface area (Å²) in [5.41, 5.74) is 0.976. The summed E-state index contributed by atoms with van der Waals surface area (Å²) in [6.45, 7) is 6.08. The average molecular weight is 228 g/mol. The molecule has 0 amide bonds. The monoisotopic (exact) mass is 228 g/mol. The summed E-state index contributed by atoms with van der Waals surface area (Å²) in [5.74, 6) is -0.984. The minimum absolute atomic E-state index is 0.350. The third kappa shape index (κ3) is 4.61. The van der Waals surface area contributed by atoms with E-state index in [-0.39, 0.29) is 6.61 Å². The first-order chi connectivity index (χ1) is 7.59. The number of hydrogen-bond donors (Lipinski definition) is 1. The van der Waals surface area contributed by atoms with Crippen molar-refractivity contribution < 1.29 is 14.7 Å². The maximum Gasteiger partial charge on any atom is 0.344 e. The largest absolute Gasteiger partial charge is 0.479 e. The molecule has 0 spiro atoms. The van der Waals surface area contributed by atoms with Crippen molar-refractivity contribution in [3.8, 4) is 0 Å². The van der Waals surface area contributed by atoms with E-state index >= 15 is 0 Å². The number of oxime groups is 1. The number of carboxylic acids is 1. The Balaban J connectivity index is 2.37. The molecule has 0 aromatic carbocycles. The van der Waals surface area contributed by atoms with Gasteiger partial charge in [-0.1, -0.05) is 5.16 Å². The molecule has 1 saturated heterocycles. The Morgan fingerprint density at radius 1 is 1.50 bits per heavy atom. The van der Waals surface area contributed by atoms with Gasteiger partial charge in [0.15, 0.2) is 0 Å². The summed E-state index contributed by atoms with van der Waals surface area (Å²) >= 11 is 0. The van der Waals surface area contributed by atoms with Crippen molar-refractivity contribution in [2.24, 2.45) is 5.16 Å². The van der Waals surface area contributed by atoms with Crippen LogP contribution in [-0.4, -0.2) is 47.4 Å². The van der Waals surface area contributed by atoms with Gasteiger partial charge < -0.3 is 14.8 Å². The van der Waals surface area contributed by atoms with Crippen molar-refractivity contribution >= 4 is 11.7 Å². The molecule has 1 rings (SSSR count). The summed E-state index contributed by atoms with van der Waals surface area (Å²) in [5, 5.41) is 12.3. The van der Waals surface area contributed by atoms with Crippen molar-refractivity contribution in [3.63, 3.8) is 0 Å². The number of nitrogens with zero attached hydrogens (tertiary/aromatic N) is 2. The van der Waals surface area contributed by atoms with E-state index in [0.717, 1.165) is 38.1 Å². The lowest BCUT2D eigenvalue weighted by Crippen LogP contribution is -2.31. The second-order valence-corrected chi connectivity index (χ2v) is 4.31. The third-order valence-corrected chi connectivity index (χ3v) is 2.71. The zero-order valence-corrected chi connectivity index (χ0v) is 9.98. The smallest absolute Gasteiger partial charge is 0.344 e. The first-order valence-electron chi connectivity index (χ1n) is 5.73. The van der Waals surface area contributed by atoms with Gasteiger partial charge in [0.25, 0.3) is 0 Å². The summed E-state index contributed by atoms with van der Waals surface area (Å²) in [6.07, 6.45) is 2.84. The molecule has 0 atom stereocenters. The summed E-state index contributed by atoms with van der Waals surface area (Å²) in [4.78, 5) is 17.4. The Morgan fingerprint density at radius 3 is 2.88 bits per heavy atom. The fourth-order valence-corrected chi connectivity index (χ4v) is 1.78. The van der Waals surface area contributed by atoms with Crippen LogP contribution in [0.25, 0.3) is 0 Å². The lowest BCUT2D eigenvalue weighted by molar-refractivity contribution is -0.142. The van der Waals surface area contributed by atoms with Gasteiger partial charge in [0.2, 0.25) is 6.61 Å². The maximum absolute atomic E-state index is 10.2. The Morgan fingerprint density at radius 2 is 2.25 bits per heavy atom. The highest BCUT2D eigenvalue weighted by molar-refractivity contribution is 5.84. The molecule has 16 heavy (non-hydrogen) atoms. The van der Waals surface area contributed by atoms with Crippen molar-refractivity contribution in [1.29, 1.82) is 0 Å². The maximum atomic E-state index is 10.2. The molecular formula is C11H20N2O3. The molecule has 1 heterocycles. The van der Waals surface area contributed by atoms with Gasteiger partial charge in [0.1, 0.15) is 0 Å². The number of likely N-dealkylation sites (tertiary alicyclic amines) is 1. The molecule has 0 aliphatic carbocycles. The normalized spacial score (nSPS) is 21.1. The van der Waals surface area contributed by atoms with Gasteiger partial charge in [0.05, 0.1) is 5.71 Å². The Bertz CT molecular complexity index is 264. The van der Waals surface area contributed by atoms with Gasteiger partial charge in [-0.05, 0) is 33.2 Å². The molecule has 0 radical (unpaired) electrons. The zero-order valence-electron chi connectivity index (χ0n) is 9.98. The number of hydrogen-bond acceptors (Lipinski definition) is 4. The SMILES string of the molecule is CC(C)N1CCCC(=NOCC(=O)O)CC1. The summed E-state index contributed by atoms with van der Waals surface area (Å²) in [7, 11) is 0. The van der Waals surface area contributed by atoms with E-state index in [1.54, 1.807) is 0 Å². The van der Waals surface area contributed by atoms with E-state index in [2.05, 4.69) is 23.9 Å². The van der Waals surface area contributed by atoms with E-state index < -0.39 is 5.97 Å². The van der Waals surface area contributed by atoms with Crippen LogP contribution < -0.4 is 0 Å². The van der Waals surface area contributed by atoms with Crippen LogP contribution in [0.4, 0.5) is 0 Å². The predicted molar refractivity (Wildman–Crippen MR) is 61.6 cm³/mol. The minimum atomic E-state index is -0.984. The second-order valence-electron chi connectivity index (χ2n) is 4.31. The van der Waals surface area contributed by atoms with Crippen LogP contribution >= 0.6 is 0 Å². The van der Waals surface area contributed by atoms with Crippen LogP contribution in [0.1, 0.15) is 33.1 Å².